The standard InChI is InChI=1S/C14H18O5/c1-5-8-19-13(15)9-10-11(16-2)6-7-12(17-3)14(10)18-4/h5-7H,1,8-9H2,2-4H3. The zero-order valence-electron chi connectivity index (χ0n) is 11.4. The fourth-order valence-corrected chi connectivity index (χ4v) is 1.68. The van der Waals surface area contributed by atoms with Gasteiger partial charge in [-0.25, -0.2) is 0 Å². The van der Waals surface area contributed by atoms with Gasteiger partial charge in [-0.2, -0.15) is 0 Å². The quantitative estimate of drug-likeness (QED) is 0.558. The smallest absolute Gasteiger partial charge is 0.310 e. The molecule has 104 valence electrons. The summed E-state index contributed by atoms with van der Waals surface area (Å²) in [5.74, 6) is 1.17. The first kappa shape index (κ1) is 14.9. The molecule has 0 N–H and O–H groups in total. The maximum Gasteiger partial charge on any atom is 0.310 e. The van der Waals surface area contributed by atoms with Crippen LogP contribution in [0.1, 0.15) is 5.56 Å². The molecule has 1 aromatic carbocycles. The normalized spacial score (nSPS) is 9.63. The van der Waals surface area contributed by atoms with Crippen molar-refractivity contribution < 1.29 is 23.7 Å². The maximum atomic E-state index is 11.7. The number of hydrogen-bond acceptors (Lipinski definition) is 5. The van der Waals surface area contributed by atoms with Crippen LogP contribution in [0, 0.1) is 0 Å². The van der Waals surface area contributed by atoms with Gasteiger partial charge in [0, 0.05) is 0 Å². The number of esters is 1. The van der Waals surface area contributed by atoms with Crippen molar-refractivity contribution in [3.63, 3.8) is 0 Å². The van der Waals surface area contributed by atoms with Crippen LogP contribution in [0.4, 0.5) is 0 Å². The second-order valence-corrected chi connectivity index (χ2v) is 3.63. The van der Waals surface area contributed by atoms with Gasteiger partial charge in [-0.05, 0) is 12.1 Å². The summed E-state index contributed by atoms with van der Waals surface area (Å²) >= 11 is 0. The minimum Gasteiger partial charge on any atom is -0.496 e. The first-order valence-electron chi connectivity index (χ1n) is 5.72. The van der Waals surface area contributed by atoms with Crippen molar-refractivity contribution in [2.75, 3.05) is 27.9 Å². The van der Waals surface area contributed by atoms with Gasteiger partial charge in [0.15, 0.2) is 11.5 Å². The summed E-state index contributed by atoms with van der Waals surface area (Å²) < 4.78 is 20.7. The molecule has 5 heteroatoms. The molecule has 0 saturated heterocycles. The molecule has 0 amide bonds. The van der Waals surface area contributed by atoms with Crippen molar-refractivity contribution in [1.82, 2.24) is 0 Å². The number of ether oxygens (including phenoxy) is 4. The molecule has 1 rings (SSSR count). The van der Waals surface area contributed by atoms with E-state index >= 15 is 0 Å². The molecule has 0 aliphatic carbocycles. The highest BCUT2D eigenvalue weighted by atomic mass is 16.5. The van der Waals surface area contributed by atoms with Crippen molar-refractivity contribution in [3.8, 4) is 17.2 Å². The summed E-state index contributed by atoms with van der Waals surface area (Å²) in [7, 11) is 4.57. The lowest BCUT2D eigenvalue weighted by molar-refractivity contribution is -0.141. The van der Waals surface area contributed by atoms with Crippen LogP contribution in [0.5, 0.6) is 17.2 Å². The SMILES string of the molecule is C=CCOC(=O)Cc1c(OC)ccc(OC)c1OC. The van der Waals surface area contributed by atoms with E-state index in [4.69, 9.17) is 18.9 Å². The average Bonchev–Trinajstić information content (AvgIpc) is 2.44. The third-order valence-electron chi connectivity index (χ3n) is 2.51. The van der Waals surface area contributed by atoms with Crippen molar-refractivity contribution in [2.45, 2.75) is 6.42 Å². The van der Waals surface area contributed by atoms with Crippen LogP contribution in [-0.4, -0.2) is 33.9 Å². The lowest BCUT2D eigenvalue weighted by atomic mass is 10.1. The molecule has 0 bridgehead atoms. The number of carbonyl (C=O) groups excluding carboxylic acids is 1. The summed E-state index contributed by atoms with van der Waals surface area (Å²) in [4.78, 5) is 11.7. The molecule has 0 spiro atoms. The van der Waals surface area contributed by atoms with E-state index in [9.17, 15) is 4.79 Å². The van der Waals surface area contributed by atoms with Crippen LogP contribution in [0.3, 0.4) is 0 Å². The monoisotopic (exact) mass is 266 g/mol. The van der Waals surface area contributed by atoms with E-state index in [1.54, 1.807) is 12.1 Å². The van der Waals surface area contributed by atoms with Crippen LogP contribution >= 0.6 is 0 Å². The van der Waals surface area contributed by atoms with Crippen molar-refractivity contribution in [3.05, 3.63) is 30.4 Å². The van der Waals surface area contributed by atoms with Gasteiger partial charge < -0.3 is 18.9 Å². The zero-order chi connectivity index (χ0) is 14.3. The number of carbonyl (C=O) groups is 1. The van der Waals surface area contributed by atoms with E-state index in [1.807, 2.05) is 0 Å². The highest BCUT2D eigenvalue weighted by Gasteiger charge is 2.19. The molecule has 1 aromatic rings. The predicted octanol–water partition coefficient (Wildman–Crippen LogP) is 1.98. The Bertz CT molecular complexity index is 453. The van der Waals surface area contributed by atoms with Crippen LogP contribution in [0.15, 0.2) is 24.8 Å². The number of rotatable bonds is 7. The van der Waals surface area contributed by atoms with Crippen LogP contribution in [0.2, 0.25) is 0 Å². The van der Waals surface area contributed by atoms with E-state index in [-0.39, 0.29) is 19.0 Å². The summed E-state index contributed by atoms with van der Waals surface area (Å²) in [6, 6.07) is 3.44. The third-order valence-corrected chi connectivity index (χ3v) is 2.51. The van der Waals surface area contributed by atoms with Gasteiger partial charge >= 0.3 is 5.97 Å². The fraction of sp³-hybridized carbons (Fsp3) is 0.357. The molecule has 0 saturated carbocycles. The summed E-state index contributed by atoms with van der Waals surface area (Å²) in [6.07, 6.45) is 1.55. The average molecular weight is 266 g/mol. The summed E-state index contributed by atoms with van der Waals surface area (Å²) in [5.41, 5.74) is 0.596. The molecule has 0 atom stereocenters. The molecule has 0 radical (unpaired) electrons. The predicted molar refractivity (Wildman–Crippen MR) is 71.0 cm³/mol. The first-order valence-corrected chi connectivity index (χ1v) is 5.72. The van der Waals surface area contributed by atoms with Crippen molar-refractivity contribution >= 4 is 5.97 Å². The van der Waals surface area contributed by atoms with Gasteiger partial charge in [0.25, 0.3) is 0 Å². The Balaban J connectivity index is 3.07. The Morgan fingerprint density at radius 2 is 1.79 bits per heavy atom. The van der Waals surface area contributed by atoms with E-state index in [0.29, 0.717) is 22.8 Å². The molecule has 0 unspecified atom stereocenters. The second kappa shape index (κ2) is 7.31. The van der Waals surface area contributed by atoms with Gasteiger partial charge in [-0.3, -0.25) is 4.79 Å². The summed E-state index contributed by atoms with van der Waals surface area (Å²) in [5, 5.41) is 0. The highest BCUT2D eigenvalue weighted by molar-refractivity contribution is 5.76. The van der Waals surface area contributed by atoms with E-state index in [1.165, 1.54) is 27.4 Å². The van der Waals surface area contributed by atoms with E-state index in [0.717, 1.165) is 0 Å². The minimum absolute atomic E-state index is 0.0391. The van der Waals surface area contributed by atoms with E-state index < -0.39 is 0 Å². The Kier molecular flexibility index (Phi) is 5.73. The van der Waals surface area contributed by atoms with Crippen molar-refractivity contribution in [2.24, 2.45) is 0 Å². The number of benzene rings is 1. The Labute approximate surface area is 112 Å². The summed E-state index contributed by atoms with van der Waals surface area (Å²) in [6.45, 7) is 3.66. The second-order valence-electron chi connectivity index (χ2n) is 3.63. The Morgan fingerprint density at radius 1 is 1.16 bits per heavy atom. The van der Waals surface area contributed by atoms with Crippen LogP contribution < -0.4 is 14.2 Å². The number of hydrogen-bond donors (Lipinski definition) is 0. The fourth-order valence-electron chi connectivity index (χ4n) is 1.68. The van der Waals surface area contributed by atoms with Gasteiger partial charge in [-0.1, -0.05) is 12.7 Å². The highest BCUT2D eigenvalue weighted by Crippen LogP contribution is 2.37. The van der Waals surface area contributed by atoms with Crippen LogP contribution in [-0.2, 0) is 16.0 Å². The van der Waals surface area contributed by atoms with Crippen LogP contribution in [0.25, 0.3) is 0 Å². The molecule has 0 aliphatic heterocycles. The molecule has 0 aliphatic rings. The topological polar surface area (TPSA) is 54.0 Å². The number of methoxy groups -OCH3 is 3. The lowest BCUT2D eigenvalue weighted by Gasteiger charge is -2.15. The molecule has 5 nitrogen and oxygen atoms in total. The lowest BCUT2D eigenvalue weighted by Crippen LogP contribution is -2.10. The molecule has 19 heavy (non-hydrogen) atoms. The molecular formula is C14H18O5. The van der Waals surface area contributed by atoms with Gasteiger partial charge in [-0.15, -0.1) is 0 Å². The Morgan fingerprint density at radius 3 is 2.32 bits per heavy atom. The third kappa shape index (κ3) is 3.64. The minimum atomic E-state index is -0.384. The van der Waals surface area contributed by atoms with Gasteiger partial charge in [0.1, 0.15) is 12.4 Å². The molecule has 0 aromatic heterocycles. The zero-order valence-corrected chi connectivity index (χ0v) is 11.4. The molecule has 0 fully saturated rings. The molecular weight excluding hydrogens is 248 g/mol. The maximum absolute atomic E-state index is 11.7. The van der Waals surface area contributed by atoms with Gasteiger partial charge in [0.05, 0.1) is 33.3 Å². The van der Waals surface area contributed by atoms with Crippen molar-refractivity contribution in [1.29, 1.82) is 0 Å². The first-order chi connectivity index (χ1) is 9.17. The Hall–Kier alpha value is -2.17. The molecule has 0 heterocycles. The van der Waals surface area contributed by atoms with E-state index in [2.05, 4.69) is 6.58 Å². The van der Waals surface area contributed by atoms with Gasteiger partial charge in [0.2, 0.25) is 0 Å². The largest absolute Gasteiger partial charge is 0.496 e.